The van der Waals surface area contributed by atoms with Crippen LogP contribution in [0.5, 0.6) is 0 Å². The molecule has 6 heteroatoms. The van der Waals surface area contributed by atoms with E-state index in [4.69, 9.17) is 23.2 Å². The Morgan fingerprint density at radius 1 is 1.06 bits per heavy atom. The third-order valence-electron chi connectivity index (χ3n) is 2.41. The Hall–Kier alpha value is -1.23. The molecule has 0 aliphatic rings. The minimum atomic E-state index is -0.354. The summed E-state index contributed by atoms with van der Waals surface area (Å²) in [5, 5.41) is 0.934. The van der Waals surface area contributed by atoms with Gasteiger partial charge in [-0.05, 0) is 24.3 Å². The molecule has 0 fully saturated rings. The van der Waals surface area contributed by atoms with Gasteiger partial charge in [0.05, 0.1) is 14.7 Å². The number of nitrogens with zero attached hydrogens (tertiary/aromatic N) is 2. The van der Waals surface area contributed by atoms with Gasteiger partial charge in [-0.15, -0.1) is 11.3 Å². The summed E-state index contributed by atoms with van der Waals surface area (Å²) < 4.78 is 13.8. The van der Waals surface area contributed by atoms with E-state index in [1.165, 1.54) is 23.5 Å². The number of aromatic nitrogens is 2. The van der Waals surface area contributed by atoms with Gasteiger partial charge in [0.2, 0.25) is 0 Å². The summed E-state index contributed by atoms with van der Waals surface area (Å²) in [4.78, 5) is 9.29. The lowest BCUT2D eigenvalue weighted by atomic mass is 10.2. The number of hydrogen-bond acceptors (Lipinski definition) is 3. The lowest BCUT2D eigenvalue weighted by Gasteiger charge is -2.02. The molecule has 0 spiro atoms. The Balaban J connectivity index is 2.26. The normalized spacial score (nSPS) is 11.1. The molecule has 0 aliphatic heterocycles. The number of fused-ring (bicyclic) bond motifs is 1. The van der Waals surface area contributed by atoms with Crippen molar-refractivity contribution in [1.29, 1.82) is 0 Å². The van der Waals surface area contributed by atoms with Crippen molar-refractivity contribution in [2.75, 3.05) is 0 Å². The van der Waals surface area contributed by atoms with Crippen molar-refractivity contribution >= 4 is 45.4 Å². The Morgan fingerprint density at radius 2 is 1.89 bits per heavy atom. The molecule has 0 bridgehead atoms. The van der Waals surface area contributed by atoms with Crippen molar-refractivity contribution in [3.05, 3.63) is 45.6 Å². The first-order valence-electron chi connectivity index (χ1n) is 5.02. The van der Waals surface area contributed by atoms with Crippen LogP contribution in [0.3, 0.4) is 0 Å². The minimum absolute atomic E-state index is 0.305. The molecule has 2 aromatic heterocycles. The Kier molecular flexibility index (Phi) is 2.93. The smallest absolute Gasteiger partial charge is 0.171 e. The molecule has 0 unspecified atom stereocenters. The lowest BCUT2D eigenvalue weighted by Crippen LogP contribution is -1.90. The lowest BCUT2D eigenvalue weighted by molar-refractivity contribution is 0.629. The van der Waals surface area contributed by atoms with Crippen molar-refractivity contribution in [3.63, 3.8) is 0 Å². The maximum Gasteiger partial charge on any atom is 0.171 e. The topological polar surface area (TPSA) is 25.8 Å². The molecule has 0 N–H and O–H groups in total. The zero-order valence-corrected chi connectivity index (χ0v) is 11.2. The molecule has 3 aromatic rings. The first-order valence-corrected chi connectivity index (χ1v) is 6.59. The molecule has 1 aromatic carbocycles. The summed E-state index contributed by atoms with van der Waals surface area (Å²) in [6.45, 7) is 0. The molecule has 0 saturated heterocycles. The largest absolute Gasteiger partial charge is 0.227 e. The summed E-state index contributed by atoms with van der Waals surface area (Å²) in [7, 11) is 0. The minimum Gasteiger partial charge on any atom is -0.227 e. The van der Waals surface area contributed by atoms with Crippen LogP contribution in [0, 0.1) is 5.82 Å². The van der Waals surface area contributed by atoms with Gasteiger partial charge < -0.3 is 0 Å². The third kappa shape index (κ3) is 2.07. The zero-order chi connectivity index (χ0) is 12.7. The maximum absolute atomic E-state index is 13.2. The highest BCUT2D eigenvalue weighted by molar-refractivity contribution is 7.19. The van der Waals surface area contributed by atoms with Crippen LogP contribution in [0.15, 0.2) is 30.3 Å². The van der Waals surface area contributed by atoms with Crippen molar-refractivity contribution in [1.82, 2.24) is 9.97 Å². The second-order valence-electron chi connectivity index (χ2n) is 3.60. The van der Waals surface area contributed by atoms with Crippen LogP contribution in [-0.2, 0) is 0 Å². The second-order valence-corrected chi connectivity index (χ2v) is 5.68. The standard InChI is InChI=1S/C12H5Cl2FN2S/c13-10-4-3-9(18-10)12-16-8-5-6(15)1-2-7(8)11(14)17-12/h1-5H. The van der Waals surface area contributed by atoms with Gasteiger partial charge in [-0.1, -0.05) is 23.2 Å². The number of rotatable bonds is 1. The van der Waals surface area contributed by atoms with Crippen LogP contribution in [0.1, 0.15) is 0 Å². The van der Waals surface area contributed by atoms with Gasteiger partial charge in [0.15, 0.2) is 5.82 Å². The quantitative estimate of drug-likeness (QED) is 0.603. The van der Waals surface area contributed by atoms with Gasteiger partial charge >= 0.3 is 0 Å². The third-order valence-corrected chi connectivity index (χ3v) is 3.92. The van der Waals surface area contributed by atoms with E-state index >= 15 is 0 Å². The van der Waals surface area contributed by atoms with Crippen molar-refractivity contribution in [3.8, 4) is 10.7 Å². The van der Waals surface area contributed by atoms with Gasteiger partial charge in [-0.2, -0.15) is 0 Å². The Labute approximate surface area is 116 Å². The maximum atomic E-state index is 13.2. The molecule has 18 heavy (non-hydrogen) atoms. The molecule has 2 nitrogen and oxygen atoms in total. The van der Waals surface area contributed by atoms with E-state index in [1.807, 2.05) is 6.07 Å². The molecule has 0 radical (unpaired) electrons. The average molecular weight is 299 g/mol. The summed E-state index contributed by atoms with van der Waals surface area (Å²) in [5.74, 6) is 0.0995. The number of benzene rings is 1. The molecule has 0 saturated carbocycles. The first kappa shape index (κ1) is 11.8. The highest BCUT2D eigenvalue weighted by atomic mass is 35.5. The van der Waals surface area contributed by atoms with Crippen LogP contribution in [0.2, 0.25) is 9.49 Å². The van der Waals surface area contributed by atoms with E-state index in [0.717, 1.165) is 4.88 Å². The molecule has 3 rings (SSSR count). The fourth-order valence-electron chi connectivity index (χ4n) is 1.61. The molecule has 0 atom stereocenters. The SMILES string of the molecule is Fc1ccc2c(Cl)nc(-c3ccc(Cl)s3)nc2c1. The summed E-state index contributed by atoms with van der Waals surface area (Å²) in [6.07, 6.45) is 0. The summed E-state index contributed by atoms with van der Waals surface area (Å²) in [6, 6.07) is 7.80. The average Bonchev–Trinajstić information content (AvgIpc) is 2.75. The fraction of sp³-hybridized carbons (Fsp3) is 0. The highest BCUT2D eigenvalue weighted by Crippen LogP contribution is 2.31. The van der Waals surface area contributed by atoms with Gasteiger partial charge in [0.25, 0.3) is 0 Å². The highest BCUT2D eigenvalue weighted by Gasteiger charge is 2.10. The zero-order valence-electron chi connectivity index (χ0n) is 8.82. The van der Waals surface area contributed by atoms with E-state index in [-0.39, 0.29) is 5.82 Å². The molecule has 0 aliphatic carbocycles. The van der Waals surface area contributed by atoms with Crippen LogP contribution in [0.25, 0.3) is 21.6 Å². The molecule has 0 amide bonds. The van der Waals surface area contributed by atoms with E-state index in [9.17, 15) is 4.39 Å². The Bertz CT molecular complexity index is 742. The van der Waals surface area contributed by atoms with Crippen LogP contribution < -0.4 is 0 Å². The van der Waals surface area contributed by atoms with Crippen LogP contribution >= 0.6 is 34.5 Å². The summed E-state index contributed by atoms with van der Waals surface area (Å²) in [5.41, 5.74) is 0.481. The molecular weight excluding hydrogens is 294 g/mol. The van der Waals surface area contributed by atoms with E-state index in [2.05, 4.69) is 9.97 Å². The van der Waals surface area contributed by atoms with Gasteiger partial charge in [-0.3, -0.25) is 0 Å². The fourth-order valence-corrected chi connectivity index (χ4v) is 2.83. The van der Waals surface area contributed by atoms with Gasteiger partial charge in [0, 0.05) is 11.5 Å². The second kappa shape index (κ2) is 4.46. The first-order chi connectivity index (χ1) is 8.63. The van der Waals surface area contributed by atoms with Crippen molar-refractivity contribution in [2.24, 2.45) is 0 Å². The predicted molar refractivity (Wildman–Crippen MR) is 72.8 cm³/mol. The van der Waals surface area contributed by atoms with Crippen LogP contribution in [0.4, 0.5) is 4.39 Å². The number of hydrogen-bond donors (Lipinski definition) is 0. The van der Waals surface area contributed by atoms with Crippen molar-refractivity contribution < 1.29 is 4.39 Å². The van der Waals surface area contributed by atoms with Crippen LogP contribution in [-0.4, -0.2) is 9.97 Å². The number of thiophene rings is 1. The van der Waals surface area contributed by atoms with Gasteiger partial charge in [0.1, 0.15) is 11.0 Å². The van der Waals surface area contributed by atoms with Crippen molar-refractivity contribution in [2.45, 2.75) is 0 Å². The summed E-state index contributed by atoms with van der Waals surface area (Å²) >= 11 is 13.3. The van der Waals surface area contributed by atoms with E-state index < -0.39 is 0 Å². The molecule has 90 valence electrons. The predicted octanol–water partition coefficient (Wildman–Crippen LogP) is 4.80. The Morgan fingerprint density at radius 3 is 2.61 bits per heavy atom. The molecule has 2 heterocycles. The number of halogens is 3. The molecular formula is C12H5Cl2FN2S. The van der Waals surface area contributed by atoms with E-state index in [1.54, 1.807) is 12.1 Å². The van der Waals surface area contributed by atoms with E-state index in [0.29, 0.717) is 26.2 Å². The monoisotopic (exact) mass is 298 g/mol. The van der Waals surface area contributed by atoms with Gasteiger partial charge in [-0.25, -0.2) is 14.4 Å².